The van der Waals surface area contributed by atoms with Crippen LogP contribution in [0.25, 0.3) is 0 Å². The molecule has 82 valence electrons. The molecule has 5 heteroatoms. The van der Waals surface area contributed by atoms with Gasteiger partial charge in [-0.2, -0.15) is 5.10 Å². The third-order valence-corrected chi connectivity index (χ3v) is 3.02. The Morgan fingerprint density at radius 1 is 1.67 bits per heavy atom. The predicted octanol–water partition coefficient (Wildman–Crippen LogP) is 0.280. The first-order valence-electron chi connectivity index (χ1n) is 5.01. The third kappa shape index (κ3) is 1.58. The van der Waals surface area contributed by atoms with Crippen molar-refractivity contribution >= 4 is 11.8 Å². The number of nitrogens with two attached hydrogens (primary N) is 1. The minimum atomic E-state index is -0.149. The Kier molecular flexibility index (Phi) is 2.38. The maximum Gasteiger partial charge on any atom is 0.309 e. The fourth-order valence-corrected chi connectivity index (χ4v) is 2.19. The molecule has 1 aromatic rings. The van der Waals surface area contributed by atoms with Crippen LogP contribution in [0.4, 0.5) is 5.82 Å². The normalized spacial score (nSPS) is 19.7. The van der Waals surface area contributed by atoms with E-state index in [9.17, 15) is 4.79 Å². The molecule has 0 bridgehead atoms. The molecule has 15 heavy (non-hydrogen) atoms. The second-order valence-corrected chi connectivity index (χ2v) is 3.90. The molecule has 0 spiro atoms. The smallest absolute Gasteiger partial charge is 0.309 e. The van der Waals surface area contributed by atoms with Crippen molar-refractivity contribution in [3.05, 3.63) is 11.3 Å². The zero-order chi connectivity index (χ0) is 11.0. The van der Waals surface area contributed by atoms with Gasteiger partial charge in [0, 0.05) is 18.3 Å². The Hall–Kier alpha value is -1.52. The van der Waals surface area contributed by atoms with E-state index in [-0.39, 0.29) is 11.9 Å². The Bertz CT molecular complexity index is 398. The number of ether oxygens (including phenoxy) is 1. The summed E-state index contributed by atoms with van der Waals surface area (Å²) in [6.07, 6.45) is 2.32. The number of esters is 1. The molecule has 1 aliphatic carbocycles. The number of fused-ring (bicyclic) bond motifs is 1. The van der Waals surface area contributed by atoms with Crippen molar-refractivity contribution in [3.63, 3.8) is 0 Å². The van der Waals surface area contributed by atoms with E-state index >= 15 is 0 Å². The lowest BCUT2D eigenvalue weighted by Crippen LogP contribution is -2.24. The molecule has 0 fully saturated rings. The predicted molar refractivity (Wildman–Crippen MR) is 55.2 cm³/mol. The van der Waals surface area contributed by atoms with Gasteiger partial charge in [0.05, 0.1) is 13.0 Å². The molecule has 0 amide bonds. The molecule has 1 heterocycles. The zero-order valence-electron chi connectivity index (χ0n) is 8.99. The first-order chi connectivity index (χ1) is 7.13. The number of nitrogens with zero attached hydrogens (tertiary/aromatic N) is 2. The maximum atomic E-state index is 11.4. The van der Waals surface area contributed by atoms with E-state index in [0.29, 0.717) is 12.2 Å². The Morgan fingerprint density at radius 2 is 2.40 bits per heavy atom. The number of methoxy groups -OCH3 is 1. The summed E-state index contributed by atoms with van der Waals surface area (Å²) in [6, 6.07) is 0. The molecular formula is C10H15N3O2. The number of aryl methyl sites for hydroxylation is 1. The maximum absolute atomic E-state index is 11.4. The topological polar surface area (TPSA) is 70.1 Å². The number of carbonyl (C=O) groups is 1. The van der Waals surface area contributed by atoms with Crippen LogP contribution in [0.1, 0.15) is 17.7 Å². The third-order valence-electron chi connectivity index (χ3n) is 3.02. The Balaban J connectivity index is 2.26. The van der Waals surface area contributed by atoms with E-state index in [2.05, 4.69) is 5.10 Å². The van der Waals surface area contributed by atoms with Gasteiger partial charge < -0.3 is 10.5 Å². The van der Waals surface area contributed by atoms with Crippen LogP contribution in [0.15, 0.2) is 0 Å². The molecule has 0 aliphatic heterocycles. The summed E-state index contributed by atoms with van der Waals surface area (Å²) < 4.78 is 6.55. The van der Waals surface area contributed by atoms with E-state index < -0.39 is 0 Å². The van der Waals surface area contributed by atoms with Crippen molar-refractivity contribution in [1.29, 1.82) is 0 Å². The fraction of sp³-hybridized carbons (Fsp3) is 0.600. The molecule has 0 radical (unpaired) electrons. The molecule has 0 saturated carbocycles. The molecule has 0 aromatic carbocycles. The van der Waals surface area contributed by atoms with Crippen LogP contribution in [-0.4, -0.2) is 22.9 Å². The first kappa shape index (κ1) is 10.0. The van der Waals surface area contributed by atoms with Crippen LogP contribution in [-0.2, 0) is 29.4 Å². The number of anilines is 1. The highest BCUT2D eigenvalue weighted by atomic mass is 16.5. The van der Waals surface area contributed by atoms with Gasteiger partial charge >= 0.3 is 5.97 Å². The molecule has 5 nitrogen and oxygen atoms in total. The number of nitrogen functional groups attached to an aromatic ring is 1. The van der Waals surface area contributed by atoms with Gasteiger partial charge in [0.2, 0.25) is 0 Å². The average molecular weight is 209 g/mol. The van der Waals surface area contributed by atoms with E-state index in [1.165, 1.54) is 7.11 Å². The van der Waals surface area contributed by atoms with Gasteiger partial charge in [0.1, 0.15) is 5.82 Å². The fourth-order valence-electron chi connectivity index (χ4n) is 2.19. The van der Waals surface area contributed by atoms with Crippen molar-refractivity contribution in [2.24, 2.45) is 13.0 Å². The molecule has 2 rings (SSSR count). The number of hydrogen-bond donors (Lipinski definition) is 1. The Labute approximate surface area is 88.2 Å². The summed E-state index contributed by atoms with van der Waals surface area (Å²) in [5, 5.41) is 4.15. The largest absolute Gasteiger partial charge is 0.469 e. The molecule has 1 aromatic heterocycles. The molecule has 1 atom stereocenters. The van der Waals surface area contributed by atoms with Crippen LogP contribution < -0.4 is 5.73 Å². The quantitative estimate of drug-likeness (QED) is 0.674. The van der Waals surface area contributed by atoms with Crippen molar-refractivity contribution in [2.75, 3.05) is 12.8 Å². The summed E-state index contributed by atoms with van der Waals surface area (Å²) in [5.74, 6) is 0.332. The second kappa shape index (κ2) is 3.56. The minimum Gasteiger partial charge on any atom is -0.469 e. The molecule has 0 saturated heterocycles. The number of rotatable bonds is 1. The van der Waals surface area contributed by atoms with Gasteiger partial charge in [-0.05, 0) is 19.3 Å². The summed E-state index contributed by atoms with van der Waals surface area (Å²) in [6.45, 7) is 0. The van der Waals surface area contributed by atoms with Crippen LogP contribution in [0.3, 0.4) is 0 Å². The first-order valence-corrected chi connectivity index (χ1v) is 5.01. The van der Waals surface area contributed by atoms with E-state index in [1.807, 2.05) is 7.05 Å². The average Bonchev–Trinajstić information content (AvgIpc) is 2.53. The Morgan fingerprint density at radius 3 is 3.07 bits per heavy atom. The zero-order valence-corrected chi connectivity index (χ0v) is 8.99. The van der Waals surface area contributed by atoms with Crippen LogP contribution in [0.5, 0.6) is 0 Å². The van der Waals surface area contributed by atoms with Crippen LogP contribution >= 0.6 is 0 Å². The molecular weight excluding hydrogens is 194 g/mol. The summed E-state index contributed by atoms with van der Waals surface area (Å²) >= 11 is 0. The highest BCUT2D eigenvalue weighted by Crippen LogP contribution is 2.29. The van der Waals surface area contributed by atoms with Crippen molar-refractivity contribution in [2.45, 2.75) is 19.3 Å². The minimum absolute atomic E-state index is 0.0611. The van der Waals surface area contributed by atoms with Crippen LogP contribution in [0.2, 0.25) is 0 Å². The standard InChI is InChI=1S/C10H15N3O2/c1-13-8-4-3-6(10(14)15-2)5-7(8)9(11)12-13/h6H,3-5H2,1-2H3,(H2,11,12). The van der Waals surface area contributed by atoms with E-state index in [1.54, 1.807) is 4.68 Å². The number of hydrogen-bond acceptors (Lipinski definition) is 4. The lowest BCUT2D eigenvalue weighted by Gasteiger charge is -2.20. The van der Waals surface area contributed by atoms with Gasteiger partial charge in [-0.1, -0.05) is 0 Å². The second-order valence-electron chi connectivity index (χ2n) is 3.90. The molecule has 1 unspecified atom stereocenters. The summed E-state index contributed by atoms with van der Waals surface area (Å²) in [7, 11) is 3.30. The SMILES string of the molecule is COC(=O)C1CCc2c(c(N)nn2C)C1. The summed E-state index contributed by atoms with van der Waals surface area (Å²) in [4.78, 5) is 11.4. The molecule has 2 N–H and O–H groups in total. The highest BCUT2D eigenvalue weighted by molar-refractivity contribution is 5.73. The highest BCUT2D eigenvalue weighted by Gasteiger charge is 2.29. The molecule has 1 aliphatic rings. The van der Waals surface area contributed by atoms with Gasteiger partial charge in [-0.3, -0.25) is 9.48 Å². The van der Waals surface area contributed by atoms with Gasteiger partial charge in [0.15, 0.2) is 0 Å². The summed E-state index contributed by atoms with van der Waals surface area (Å²) in [5.41, 5.74) is 7.94. The van der Waals surface area contributed by atoms with Crippen molar-refractivity contribution in [3.8, 4) is 0 Å². The number of carbonyl (C=O) groups excluding carboxylic acids is 1. The van der Waals surface area contributed by atoms with Gasteiger partial charge in [0.25, 0.3) is 0 Å². The monoisotopic (exact) mass is 209 g/mol. The van der Waals surface area contributed by atoms with Gasteiger partial charge in [-0.15, -0.1) is 0 Å². The lowest BCUT2D eigenvalue weighted by molar-refractivity contribution is -0.145. The van der Waals surface area contributed by atoms with Crippen molar-refractivity contribution in [1.82, 2.24) is 9.78 Å². The van der Waals surface area contributed by atoms with Crippen LogP contribution in [0, 0.1) is 5.92 Å². The van der Waals surface area contributed by atoms with Crippen molar-refractivity contribution < 1.29 is 9.53 Å². The van der Waals surface area contributed by atoms with E-state index in [0.717, 1.165) is 24.1 Å². The lowest BCUT2D eigenvalue weighted by atomic mass is 9.87. The van der Waals surface area contributed by atoms with E-state index in [4.69, 9.17) is 10.5 Å². The number of aromatic nitrogens is 2. The van der Waals surface area contributed by atoms with Gasteiger partial charge in [-0.25, -0.2) is 0 Å².